The van der Waals surface area contributed by atoms with Crippen molar-refractivity contribution in [1.82, 2.24) is 14.1 Å². The SMILES string of the molecule is COCCS(=O)(=O)N1CCN(C(=O)N2CCOCC2)CC1. The van der Waals surface area contributed by atoms with Gasteiger partial charge in [0.15, 0.2) is 0 Å². The van der Waals surface area contributed by atoms with Gasteiger partial charge >= 0.3 is 6.03 Å². The summed E-state index contributed by atoms with van der Waals surface area (Å²) in [5, 5.41) is 0. The van der Waals surface area contributed by atoms with Crippen LogP contribution in [0, 0.1) is 0 Å². The van der Waals surface area contributed by atoms with Crippen LogP contribution < -0.4 is 0 Å². The Morgan fingerprint density at radius 1 is 1.05 bits per heavy atom. The number of methoxy groups -OCH3 is 1. The topological polar surface area (TPSA) is 79.4 Å². The number of hydrogen-bond acceptors (Lipinski definition) is 5. The van der Waals surface area contributed by atoms with Crippen LogP contribution in [0.2, 0.25) is 0 Å². The maximum absolute atomic E-state index is 12.3. The van der Waals surface area contributed by atoms with Gasteiger partial charge in [0.2, 0.25) is 10.0 Å². The van der Waals surface area contributed by atoms with Crippen LogP contribution >= 0.6 is 0 Å². The minimum atomic E-state index is -3.28. The Hall–Kier alpha value is -0.900. The lowest BCUT2D eigenvalue weighted by Crippen LogP contribution is -2.55. The molecule has 0 N–H and O–H groups in total. The van der Waals surface area contributed by atoms with E-state index in [0.29, 0.717) is 52.5 Å². The average Bonchev–Trinajstić information content (AvgIpc) is 2.53. The molecule has 0 bridgehead atoms. The van der Waals surface area contributed by atoms with E-state index < -0.39 is 10.0 Å². The van der Waals surface area contributed by atoms with Crippen LogP contribution in [0.15, 0.2) is 0 Å². The summed E-state index contributed by atoms with van der Waals surface area (Å²) in [6.07, 6.45) is 0. The molecule has 9 heteroatoms. The zero-order valence-electron chi connectivity index (χ0n) is 12.4. The molecule has 122 valence electrons. The summed E-state index contributed by atoms with van der Waals surface area (Å²) < 4.78 is 35.6. The molecule has 8 nitrogen and oxygen atoms in total. The van der Waals surface area contributed by atoms with Gasteiger partial charge in [-0.25, -0.2) is 13.2 Å². The van der Waals surface area contributed by atoms with Crippen LogP contribution in [0.4, 0.5) is 4.79 Å². The molecule has 0 radical (unpaired) electrons. The van der Waals surface area contributed by atoms with Crippen LogP contribution in [0.1, 0.15) is 0 Å². The molecule has 0 atom stereocenters. The van der Waals surface area contributed by atoms with E-state index in [0.717, 1.165) is 0 Å². The molecule has 0 saturated carbocycles. The number of hydrogen-bond donors (Lipinski definition) is 0. The van der Waals surface area contributed by atoms with Crippen molar-refractivity contribution in [3.63, 3.8) is 0 Å². The van der Waals surface area contributed by atoms with E-state index in [9.17, 15) is 13.2 Å². The Kier molecular flexibility index (Phi) is 5.80. The predicted octanol–water partition coefficient (Wildman–Crippen LogP) is -0.968. The van der Waals surface area contributed by atoms with Crippen LogP contribution in [0.3, 0.4) is 0 Å². The molecule has 21 heavy (non-hydrogen) atoms. The maximum atomic E-state index is 12.3. The molecule has 0 spiro atoms. The molecule has 2 aliphatic rings. The summed E-state index contributed by atoms with van der Waals surface area (Å²) in [6, 6.07) is -0.0211. The third kappa shape index (κ3) is 4.29. The van der Waals surface area contributed by atoms with Crippen molar-refractivity contribution in [1.29, 1.82) is 0 Å². The molecule has 0 aromatic heterocycles. The first-order chi connectivity index (χ1) is 10.0. The first-order valence-electron chi connectivity index (χ1n) is 7.13. The molecular weight excluding hydrogens is 298 g/mol. The summed E-state index contributed by atoms with van der Waals surface area (Å²) in [7, 11) is -1.80. The zero-order valence-corrected chi connectivity index (χ0v) is 13.2. The monoisotopic (exact) mass is 321 g/mol. The molecule has 2 rings (SSSR count). The van der Waals surface area contributed by atoms with E-state index >= 15 is 0 Å². The molecule has 0 aliphatic carbocycles. The highest BCUT2D eigenvalue weighted by molar-refractivity contribution is 7.89. The van der Waals surface area contributed by atoms with Gasteiger partial charge in [-0.05, 0) is 0 Å². The van der Waals surface area contributed by atoms with Crippen molar-refractivity contribution < 1.29 is 22.7 Å². The minimum absolute atomic E-state index is 0.0130. The molecule has 0 unspecified atom stereocenters. The van der Waals surface area contributed by atoms with Gasteiger partial charge in [-0.1, -0.05) is 0 Å². The Labute approximate surface area is 125 Å². The van der Waals surface area contributed by atoms with Crippen molar-refractivity contribution in [3.8, 4) is 0 Å². The maximum Gasteiger partial charge on any atom is 0.320 e. The average molecular weight is 321 g/mol. The Balaban J connectivity index is 1.83. The number of rotatable bonds is 4. The lowest BCUT2D eigenvalue weighted by atomic mass is 10.3. The van der Waals surface area contributed by atoms with Gasteiger partial charge in [0, 0.05) is 46.4 Å². The molecule has 2 amide bonds. The fourth-order valence-corrected chi connectivity index (χ4v) is 3.79. The van der Waals surface area contributed by atoms with Crippen molar-refractivity contribution >= 4 is 16.1 Å². The molecule has 2 heterocycles. The number of amides is 2. The van der Waals surface area contributed by atoms with E-state index in [1.165, 1.54) is 11.4 Å². The van der Waals surface area contributed by atoms with Crippen molar-refractivity contribution in [2.75, 3.05) is 72.0 Å². The second kappa shape index (κ2) is 7.39. The number of piperazine rings is 1. The van der Waals surface area contributed by atoms with Crippen LogP contribution in [0.5, 0.6) is 0 Å². The molecule has 2 fully saturated rings. The van der Waals surface area contributed by atoms with Gasteiger partial charge in [0.1, 0.15) is 0 Å². The third-order valence-electron chi connectivity index (χ3n) is 3.73. The summed E-state index contributed by atoms with van der Waals surface area (Å²) in [5.41, 5.74) is 0. The first kappa shape index (κ1) is 16.5. The van der Waals surface area contributed by atoms with Crippen LogP contribution in [-0.4, -0.2) is 101 Å². The molecule has 0 aromatic rings. The highest BCUT2D eigenvalue weighted by Crippen LogP contribution is 2.11. The molecule has 0 aromatic carbocycles. The quantitative estimate of drug-likeness (QED) is 0.666. The normalized spacial score (nSPS) is 21.6. The smallest absolute Gasteiger partial charge is 0.320 e. The fourth-order valence-electron chi connectivity index (χ4n) is 2.43. The van der Waals surface area contributed by atoms with Gasteiger partial charge in [-0.2, -0.15) is 4.31 Å². The summed E-state index contributed by atoms with van der Waals surface area (Å²) >= 11 is 0. The van der Waals surface area contributed by atoms with Crippen molar-refractivity contribution in [3.05, 3.63) is 0 Å². The number of morpholine rings is 1. The van der Waals surface area contributed by atoms with Crippen molar-refractivity contribution in [2.24, 2.45) is 0 Å². The van der Waals surface area contributed by atoms with E-state index in [4.69, 9.17) is 9.47 Å². The number of ether oxygens (including phenoxy) is 2. The fraction of sp³-hybridized carbons (Fsp3) is 0.917. The zero-order chi connectivity index (χ0) is 15.3. The Bertz CT molecular complexity index is 442. The van der Waals surface area contributed by atoms with Gasteiger partial charge < -0.3 is 19.3 Å². The Morgan fingerprint density at radius 2 is 1.62 bits per heavy atom. The van der Waals surface area contributed by atoms with E-state index in [1.54, 1.807) is 9.80 Å². The van der Waals surface area contributed by atoms with Crippen molar-refractivity contribution in [2.45, 2.75) is 0 Å². The van der Waals surface area contributed by atoms with E-state index in [1.807, 2.05) is 0 Å². The molecule has 2 saturated heterocycles. The lowest BCUT2D eigenvalue weighted by molar-refractivity contribution is 0.0405. The van der Waals surface area contributed by atoms with Crippen LogP contribution in [0.25, 0.3) is 0 Å². The van der Waals surface area contributed by atoms with Gasteiger partial charge in [0.25, 0.3) is 0 Å². The lowest BCUT2D eigenvalue weighted by Gasteiger charge is -2.38. The number of carbonyl (C=O) groups excluding carboxylic acids is 1. The second-order valence-electron chi connectivity index (χ2n) is 5.08. The van der Waals surface area contributed by atoms with Crippen LogP contribution in [-0.2, 0) is 19.5 Å². The van der Waals surface area contributed by atoms with Gasteiger partial charge in [-0.15, -0.1) is 0 Å². The Morgan fingerprint density at radius 3 is 2.19 bits per heavy atom. The number of carbonyl (C=O) groups is 1. The van der Waals surface area contributed by atoms with Gasteiger partial charge in [-0.3, -0.25) is 0 Å². The van der Waals surface area contributed by atoms with Gasteiger partial charge in [0.05, 0.1) is 25.6 Å². The standard InChI is InChI=1S/C12H23N3O5S/c1-19-10-11-21(17,18)15-4-2-13(3-5-15)12(16)14-6-8-20-9-7-14/h2-11H2,1H3. The highest BCUT2D eigenvalue weighted by Gasteiger charge is 2.30. The summed E-state index contributed by atoms with van der Waals surface area (Å²) in [5.74, 6) is -0.0130. The predicted molar refractivity (Wildman–Crippen MR) is 76.6 cm³/mol. The first-order valence-corrected chi connectivity index (χ1v) is 8.74. The number of urea groups is 1. The number of sulfonamides is 1. The highest BCUT2D eigenvalue weighted by atomic mass is 32.2. The summed E-state index contributed by atoms with van der Waals surface area (Å²) in [4.78, 5) is 15.8. The van der Waals surface area contributed by atoms with E-state index in [2.05, 4.69) is 0 Å². The molecular formula is C12H23N3O5S. The number of nitrogens with zero attached hydrogens (tertiary/aromatic N) is 3. The second-order valence-corrected chi connectivity index (χ2v) is 7.17. The molecule has 2 aliphatic heterocycles. The summed E-state index contributed by atoms with van der Waals surface area (Å²) in [6.45, 7) is 4.09. The minimum Gasteiger partial charge on any atom is -0.384 e. The largest absolute Gasteiger partial charge is 0.384 e. The third-order valence-corrected chi connectivity index (χ3v) is 5.56. The van der Waals surface area contributed by atoms with E-state index in [-0.39, 0.29) is 18.4 Å².